The van der Waals surface area contributed by atoms with Gasteiger partial charge in [-0.1, -0.05) is 17.7 Å². The van der Waals surface area contributed by atoms with Gasteiger partial charge in [0.1, 0.15) is 0 Å². The van der Waals surface area contributed by atoms with Crippen LogP contribution in [0.2, 0.25) is 5.02 Å². The summed E-state index contributed by atoms with van der Waals surface area (Å²) in [6.07, 6.45) is 0. The second-order valence-electron chi connectivity index (χ2n) is 5.34. The van der Waals surface area contributed by atoms with Crippen molar-refractivity contribution in [1.29, 1.82) is 0 Å². The topological polar surface area (TPSA) is 61.4 Å². The van der Waals surface area contributed by atoms with Crippen LogP contribution in [0.3, 0.4) is 0 Å². The number of carbonyl (C=O) groups is 2. The first-order valence-electron chi connectivity index (χ1n) is 6.48. The molecular formula is C14H18ClN3O2. The van der Waals surface area contributed by atoms with Crippen LogP contribution < -0.4 is 10.6 Å². The molecule has 1 saturated heterocycles. The minimum absolute atomic E-state index is 0.0520. The number of carbonyl (C=O) groups excluding carboxylic acids is 2. The van der Waals surface area contributed by atoms with Crippen LogP contribution >= 0.6 is 11.6 Å². The highest BCUT2D eigenvalue weighted by atomic mass is 35.5. The van der Waals surface area contributed by atoms with E-state index in [-0.39, 0.29) is 18.4 Å². The number of amides is 2. The predicted octanol–water partition coefficient (Wildman–Crippen LogP) is 1.49. The number of anilines is 1. The summed E-state index contributed by atoms with van der Waals surface area (Å²) < 4.78 is 0. The molecule has 2 rings (SSSR count). The Bertz CT molecular complexity index is 531. The van der Waals surface area contributed by atoms with Crippen molar-refractivity contribution in [3.05, 3.63) is 29.3 Å². The van der Waals surface area contributed by atoms with Gasteiger partial charge in [0.05, 0.1) is 12.1 Å². The lowest BCUT2D eigenvalue weighted by Gasteiger charge is -2.37. The normalized spacial score (nSPS) is 17.9. The fraction of sp³-hybridized carbons (Fsp3) is 0.429. The minimum Gasteiger partial charge on any atom is -0.331 e. The standard InChI is InChI=1S/C14H18ClN3O2/c1-14(2)13(20)18(7-6-16-14)9-12(19)17-11-5-3-4-10(15)8-11/h3-5,8,16H,6-7,9H2,1-2H3,(H,17,19). The van der Waals surface area contributed by atoms with Crippen LogP contribution in [0.5, 0.6) is 0 Å². The number of piperazine rings is 1. The van der Waals surface area contributed by atoms with E-state index >= 15 is 0 Å². The summed E-state index contributed by atoms with van der Waals surface area (Å²) in [5.41, 5.74) is 0.0125. The first-order valence-corrected chi connectivity index (χ1v) is 6.86. The molecule has 20 heavy (non-hydrogen) atoms. The van der Waals surface area contributed by atoms with Gasteiger partial charge in [0.2, 0.25) is 11.8 Å². The van der Waals surface area contributed by atoms with E-state index in [2.05, 4.69) is 10.6 Å². The summed E-state index contributed by atoms with van der Waals surface area (Å²) in [7, 11) is 0. The average Bonchev–Trinajstić information content (AvgIpc) is 2.35. The highest BCUT2D eigenvalue weighted by molar-refractivity contribution is 6.30. The molecule has 1 aromatic carbocycles. The number of hydrogen-bond acceptors (Lipinski definition) is 3. The lowest BCUT2D eigenvalue weighted by molar-refractivity contribution is -0.142. The Morgan fingerprint density at radius 1 is 1.50 bits per heavy atom. The second kappa shape index (κ2) is 5.81. The molecule has 2 N–H and O–H groups in total. The molecule has 1 aliphatic rings. The molecule has 1 heterocycles. The zero-order chi connectivity index (χ0) is 14.8. The third-order valence-electron chi connectivity index (χ3n) is 3.21. The zero-order valence-corrected chi connectivity index (χ0v) is 12.3. The number of hydrogen-bond donors (Lipinski definition) is 2. The molecule has 0 bridgehead atoms. The Morgan fingerprint density at radius 3 is 2.95 bits per heavy atom. The van der Waals surface area contributed by atoms with Crippen molar-refractivity contribution in [2.75, 3.05) is 25.0 Å². The maximum Gasteiger partial charge on any atom is 0.243 e. The van der Waals surface area contributed by atoms with Crippen molar-refractivity contribution < 1.29 is 9.59 Å². The molecule has 6 heteroatoms. The summed E-state index contributed by atoms with van der Waals surface area (Å²) in [6, 6.07) is 6.92. The highest BCUT2D eigenvalue weighted by Gasteiger charge is 2.35. The van der Waals surface area contributed by atoms with Crippen LogP contribution in [0, 0.1) is 0 Å². The molecule has 0 saturated carbocycles. The molecule has 0 atom stereocenters. The summed E-state index contributed by atoms with van der Waals surface area (Å²) in [4.78, 5) is 25.7. The summed E-state index contributed by atoms with van der Waals surface area (Å²) in [6.45, 7) is 4.90. The van der Waals surface area contributed by atoms with Crippen molar-refractivity contribution in [3.63, 3.8) is 0 Å². The molecule has 0 aliphatic carbocycles. The van der Waals surface area contributed by atoms with Crippen LogP contribution in [0.15, 0.2) is 24.3 Å². The van der Waals surface area contributed by atoms with Crippen molar-refractivity contribution in [1.82, 2.24) is 10.2 Å². The molecule has 1 aromatic rings. The fourth-order valence-corrected chi connectivity index (χ4v) is 2.36. The molecule has 0 aromatic heterocycles. The van der Waals surface area contributed by atoms with Crippen molar-refractivity contribution >= 4 is 29.1 Å². The SMILES string of the molecule is CC1(C)NCCN(CC(=O)Nc2cccc(Cl)c2)C1=O. The van der Waals surface area contributed by atoms with E-state index in [1.165, 1.54) is 0 Å². The molecule has 2 amide bonds. The van der Waals surface area contributed by atoms with Crippen LogP contribution in [0.1, 0.15) is 13.8 Å². The van der Waals surface area contributed by atoms with Gasteiger partial charge < -0.3 is 15.5 Å². The summed E-state index contributed by atoms with van der Waals surface area (Å²) in [5, 5.41) is 6.43. The number of nitrogens with zero attached hydrogens (tertiary/aromatic N) is 1. The number of halogens is 1. The van der Waals surface area contributed by atoms with Gasteiger partial charge in [-0.15, -0.1) is 0 Å². The molecule has 108 valence electrons. The number of rotatable bonds is 3. The monoisotopic (exact) mass is 295 g/mol. The van der Waals surface area contributed by atoms with Gasteiger partial charge in [0, 0.05) is 23.8 Å². The molecule has 5 nitrogen and oxygen atoms in total. The van der Waals surface area contributed by atoms with Crippen LogP contribution in [0.4, 0.5) is 5.69 Å². The Balaban J connectivity index is 1.96. The van der Waals surface area contributed by atoms with Gasteiger partial charge in [0.15, 0.2) is 0 Å². The number of benzene rings is 1. The van der Waals surface area contributed by atoms with Gasteiger partial charge in [-0.05, 0) is 32.0 Å². The van der Waals surface area contributed by atoms with Gasteiger partial charge in [-0.2, -0.15) is 0 Å². The average molecular weight is 296 g/mol. The van der Waals surface area contributed by atoms with E-state index in [9.17, 15) is 9.59 Å². The van der Waals surface area contributed by atoms with Crippen molar-refractivity contribution in [2.24, 2.45) is 0 Å². The smallest absolute Gasteiger partial charge is 0.243 e. The van der Waals surface area contributed by atoms with E-state index in [0.717, 1.165) is 0 Å². The minimum atomic E-state index is -0.616. The Hall–Kier alpha value is -1.59. The lowest BCUT2D eigenvalue weighted by atomic mass is 10.0. The van der Waals surface area contributed by atoms with E-state index in [1.54, 1.807) is 29.2 Å². The molecule has 0 spiro atoms. The maximum atomic E-state index is 12.2. The largest absolute Gasteiger partial charge is 0.331 e. The fourth-order valence-electron chi connectivity index (χ4n) is 2.17. The Labute approximate surface area is 123 Å². The predicted molar refractivity (Wildman–Crippen MR) is 78.7 cm³/mol. The second-order valence-corrected chi connectivity index (χ2v) is 5.77. The Morgan fingerprint density at radius 2 is 2.25 bits per heavy atom. The molecular weight excluding hydrogens is 278 g/mol. The quantitative estimate of drug-likeness (QED) is 0.888. The van der Waals surface area contributed by atoms with Gasteiger partial charge in [-0.25, -0.2) is 0 Å². The molecule has 1 aliphatic heterocycles. The van der Waals surface area contributed by atoms with Crippen LogP contribution in [-0.4, -0.2) is 41.9 Å². The van der Waals surface area contributed by atoms with E-state index in [4.69, 9.17) is 11.6 Å². The third kappa shape index (κ3) is 3.49. The van der Waals surface area contributed by atoms with Crippen LogP contribution in [0.25, 0.3) is 0 Å². The van der Waals surface area contributed by atoms with Gasteiger partial charge >= 0.3 is 0 Å². The third-order valence-corrected chi connectivity index (χ3v) is 3.45. The lowest BCUT2D eigenvalue weighted by Crippen LogP contribution is -2.62. The Kier molecular flexibility index (Phi) is 4.30. The van der Waals surface area contributed by atoms with E-state index < -0.39 is 5.54 Å². The highest BCUT2D eigenvalue weighted by Crippen LogP contribution is 2.16. The maximum absolute atomic E-state index is 12.2. The zero-order valence-electron chi connectivity index (χ0n) is 11.6. The first-order chi connectivity index (χ1) is 9.38. The molecule has 0 radical (unpaired) electrons. The van der Waals surface area contributed by atoms with Crippen LogP contribution in [-0.2, 0) is 9.59 Å². The summed E-state index contributed by atoms with van der Waals surface area (Å²) in [5.74, 6) is -0.289. The summed E-state index contributed by atoms with van der Waals surface area (Å²) >= 11 is 5.86. The van der Waals surface area contributed by atoms with Gasteiger partial charge in [0.25, 0.3) is 0 Å². The first kappa shape index (κ1) is 14.8. The van der Waals surface area contributed by atoms with Crippen molar-refractivity contribution in [3.8, 4) is 0 Å². The molecule has 0 unspecified atom stereocenters. The number of nitrogens with one attached hydrogen (secondary N) is 2. The van der Waals surface area contributed by atoms with E-state index in [1.807, 2.05) is 13.8 Å². The molecule has 1 fully saturated rings. The van der Waals surface area contributed by atoms with E-state index in [0.29, 0.717) is 23.8 Å². The van der Waals surface area contributed by atoms with Gasteiger partial charge in [-0.3, -0.25) is 9.59 Å². The van der Waals surface area contributed by atoms with Crippen molar-refractivity contribution in [2.45, 2.75) is 19.4 Å².